The molecule has 0 aliphatic heterocycles. The van der Waals surface area contributed by atoms with Crippen LogP contribution in [0.4, 0.5) is 13.2 Å². The largest absolute Gasteiger partial charge is 0.544 e. The zero-order valence-corrected chi connectivity index (χ0v) is 11.7. The highest BCUT2D eigenvalue weighted by molar-refractivity contribution is 6.70. The smallest absolute Gasteiger partial charge is 0.417 e. The van der Waals surface area contributed by atoms with Gasteiger partial charge in [-0.1, -0.05) is 6.07 Å². The molecule has 0 N–H and O–H groups in total. The number of benzene rings is 1. The van der Waals surface area contributed by atoms with Gasteiger partial charge in [0.15, 0.2) is 5.78 Å². The molecule has 0 bridgehead atoms. The molecule has 1 aromatic carbocycles. The lowest BCUT2D eigenvalue weighted by Gasteiger charge is -2.22. The van der Waals surface area contributed by atoms with Crippen molar-refractivity contribution in [2.45, 2.75) is 32.7 Å². The number of rotatable bonds is 3. The summed E-state index contributed by atoms with van der Waals surface area (Å²) in [5, 5.41) is 0. The van der Waals surface area contributed by atoms with Crippen molar-refractivity contribution in [1.82, 2.24) is 0 Å². The van der Waals surface area contributed by atoms with Crippen LogP contribution < -0.4 is 4.43 Å². The summed E-state index contributed by atoms with van der Waals surface area (Å²) < 4.78 is 44.0. The van der Waals surface area contributed by atoms with Crippen molar-refractivity contribution in [3.05, 3.63) is 29.3 Å². The van der Waals surface area contributed by atoms with Crippen molar-refractivity contribution in [3.8, 4) is 5.75 Å². The average Bonchev–Trinajstić information content (AvgIpc) is 2.12. The van der Waals surface area contributed by atoms with Gasteiger partial charge in [-0.25, -0.2) is 0 Å². The second-order valence-corrected chi connectivity index (χ2v) is 9.38. The number of halogens is 3. The Bertz CT molecular complexity index is 461. The molecule has 0 amide bonds. The van der Waals surface area contributed by atoms with Crippen LogP contribution in [0.5, 0.6) is 5.75 Å². The van der Waals surface area contributed by atoms with E-state index in [1.165, 1.54) is 12.1 Å². The third kappa shape index (κ3) is 3.59. The first-order chi connectivity index (χ1) is 8.02. The van der Waals surface area contributed by atoms with Crippen molar-refractivity contribution < 1.29 is 22.4 Å². The fourth-order valence-corrected chi connectivity index (χ4v) is 2.38. The van der Waals surface area contributed by atoms with E-state index in [4.69, 9.17) is 4.43 Å². The van der Waals surface area contributed by atoms with Crippen molar-refractivity contribution >= 4 is 14.1 Å². The van der Waals surface area contributed by atoms with E-state index in [1.807, 2.05) is 19.6 Å². The minimum Gasteiger partial charge on any atom is -0.544 e. The predicted molar refractivity (Wildman–Crippen MR) is 65.4 cm³/mol. The van der Waals surface area contributed by atoms with Crippen LogP contribution in [-0.4, -0.2) is 14.1 Å². The van der Waals surface area contributed by atoms with Crippen molar-refractivity contribution in [1.29, 1.82) is 0 Å². The van der Waals surface area contributed by atoms with Crippen LogP contribution in [0.2, 0.25) is 19.6 Å². The molecule has 1 rings (SSSR count). The Hall–Kier alpha value is -1.30. The summed E-state index contributed by atoms with van der Waals surface area (Å²) in [6.45, 7) is 6.65. The number of Topliss-reactive ketones (excluding diaryl/α,β-unsaturated/α-hetero) is 1. The Morgan fingerprint density at radius 2 is 1.78 bits per heavy atom. The van der Waals surface area contributed by atoms with Crippen LogP contribution in [0.25, 0.3) is 0 Å². The van der Waals surface area contributed by atoms with E-state index < -0.39 is 25.8 Å². The van der Waals surface area contributed by atoms with Crippen molar-refractivity contribution in [2.24, 2.45) is 0 Å². The second-order valence-electron chi connectivity index (χ2n) is 4.95. The van der Waals surface area contributed by atoms with Crippen molar-refractivity contribution in [2.75, 3.05) is 0 Å². The molecule has 2 nitrogen and oxygen atoms in total. The Morgan fingerprint density at radius 3 is 2.17 bits per heavy atom. The summed E-state index contributed by atoms with van der Waals surface area (Å²) in [5.41, 5.74) is -1.32. The maximum Gasteiger partial charge on any atom is 0.417 e. The molecule has 18 heavy (non-hydrogen) atoms. The maximum absolute atomic E-state index is 12.8. The first kappa shape index (κ1) is 14.8. The fraction of sp³-hybridized carbons (Fsp3) is 0.417. The molecule has 0 heterocycles. The Balaban J connectivity index is 3.41. The number of ketones is 1. The first-order valence-electron chi connectivity index (χ1n) is 5.42. The lowest BCUT2D eigenvalue weighted by molar-refractivity contribution is -0.138. The van der Waals surface area contributed by atoms with Gasteiger partial charge in [0.1, 0.15) is 5.75 Å². The molecular formula is C12H15F3O2Si. The number of alkyl halides is 3. The molecule has 1 aromatic rings. The first-order valence-corrected chi connectivity index (χ1v) is 8.83. The number of carbonyl (C=O) groups excluding carboxylic acids is 1. The highest BCUT2D eigenvalue weighted by Crippen LogP contribution is 2.36. The molecule has 0 unspecified atom stereocenters. The normalized spacial score (nSPS) is 12.4. The molecule has 6 heteroatoms. The molecule has 0 radical (unpaired) electrons. The Morgan fingerprint density at radius 1 is 1.22 bits per heavy atom. The average molecular weight is 276 g/mol. The van der Waals surface area contributed by atoms with Gasteiger partial charge in [-0.15, -0.1) is 0 Å². The summed E-state index contributed by atoms with van der Waals surface area (Å²) in [5.74, 6) is -0.618. The monoisotopic (exact) mass is 276 g/mol. The van der Waals surface area contributed by atoms with Crippen molar-refractivity contribution in [3.63, 3.8) is 0 Å². The number of hydrogen-bond donors (Lipinski definition) is 0. The summed E-state index contributed by atoms with van der Waals surface area (Å²) in [4.78, 5) is 11.5. The lowest BCUT2D eigenvalue weighted by atomic mass is 10.0. The molecule has 0 aliphatic rings. The van der Waals surface area contributed by atoms with Gasteiger partial charge in [0, 0.05) is 0 Å². The fourth-order valence-electron chi connectivity index (χ4n) is 1.55. The third-order valence-electron chi connectivity index (χ3n) is 2.10. The van der Waals surface area contributed by atoms with Gasteiger partial charge in [0.2, 0.25) is 8.32 Å². The van der Waals surface area contributed by atoms with E-state index in [1.54, 1.807) is 0 Å². The third-order valence-corrected chi connectivity index (χ3v) is 2.93. The zero-order chi connectivity index (χ0) is 14.1. The number of carbonyl (C=O) groups is 1. The molecule has 0 saturated heterocycles. The lowest BCUT2D eigenvalue weighted by Crippen LogP contribution is -2.30. The van der Waals surface area contributed by atoms with Gasteiger partial charge in [-0.05, 0) is 38.7 Å². The van der Waals surface area contributed by atoms with Gasteiger partial charge in [0.25, 0.3) is 0 Å². The van der Waals surface area contributed by atoms with Crippen LogP contribution in [0, 0.1) is 0 Å². The van der Waals surface area contributed by atoms with Crippen LogP contribution in [0.3, 0.4) is 0 Å². The topological polar surface area (TPSA) is 26.3 Å². The van der Waals surface area contributed by atoms with Crippen LogP contribution in [0.1, 0.15) is 22.8 Å². The van der Waals surface area contributed by atoms with E-state index in [2.05, 4.69) is 0 Å². The molecule has 0 atom stereocenters. The molecule has 100 valence electrons. The van der Waals surface area contributed by atoms with E-state index in [-0.39, 0.29) is 11.3 Å². The Kier molecular flexibility index (Phi) is 3.90. The van der Waals surface area contributed by atoms with Gasteiger partial charge in [-0.2, -0.15) is 13.2 Å². The van der Waals surface area contributed by atoms with E-state index >= 15 is 0 Å². The zero-order valence-electron chi connectivity index (χ0n) is 10.7. The van der Waals surface area contributed by atoms with Gasteiger partial charge < -0.3 is 4.43 Å². The molecule has 0 aromatic heterocycles. The van der Waals surface area contributed by atoms with E-state index in [9.17, 15) is 18.0 Å². The highest BCUT2D eigenvalue weighted by Gasteiger charge is 2.36. The summed E-state index contributed by atoms with van der Waals surface area (Å²) in [6, 6.07) is 3.56. The second kappa shape index (κ2) is 4.76. The minimum absolute atomic E-state index is 0.0245. The Labute approximate surface area is 105 Å². The molecule has 0 spiro atoms. The summed E-state index contributed by atoms with van der Waals surface area (Å²) >= 11 is 0. The minimum atomic E-state index is -4.56. The molecular weight excluding hydrogens is 261 g/mol. The molecule has 0 fully saturated rings. The predicted octanol–water partition coefficient (Wildman–Crippen LogP) is 4.12. The molecule has 0 saturated carbocycles. The van der Waals surface area contributed by atoms with Gasteiger partial charge >= 0.3 is 6.18 Å². The number of hydrogen-bond acceptors (Lipinski definition) is 2. The van der Waals surface area contributed by atoms with E-state index in [0.717, 1.165) is 13.0 Å². The molecule has 0 aliphatic carbocycles. The van der Waals surface area contributed by atoms with Gasteiger partial charge in [0.05, 0.1) is 11.1 Å². The highest BCUT2D eigenvalue weighted by atomic mass is 28.4. The van der Waals surface area contributed by atoms with Gasteiger partial charge in [-0.3, -0.25) is 4.79 Å². The van der Waals surface area contributed by atoms with Crippen LogP contribution >= 0.6 is 0 Å². The standard InChI is InChI=1S/C12H15F3O2Si/c1-8(16)11-9(12(13,14)15)6-5-7-10(11)17-18(2,3)4/h5-7H,1-4H3. The maximum atomic E-state index is 12.8. The van der Waals surface area contributed by atoms with E-state index in [0.29, 0.717) is 0 Å². The summed E-state index contributed by atoms with van der Waals surface area (Å²) in [7, 11) is -2.08. The summed E-state index contributed by atoms with van der Waals surface area (Å²) in [6.07, 6.45) is -4.56. The van der Waals surface area contributed by atoms with Crippen LogP contribution in [0.15, 0.2) is 18.2 Å². The SMILES string of the molecule is CC(=O)c1c(O[Si](C)(C)C)cccc1C(F)(F)F. The quantitative estimate of drug-likeness (QED) is 0.613. The van der Waals surface area contributed by atoms with Crippen LogP contribution in [-0.2, 0) is 6.18 Å².